The molecule has 0 bridgehead atoms. The van der Waals surface area contributed by atoms with E-state index in [1.54, 1.807) is 0 Å². The summed E-state index contributed by atoms with van der Waals surface area (Å²) in [5.41, 5.74) is 1.47. The van der Waals surface area contributed by atoms with Crippen molar-refractivity contribution in [2.24, 2.45) is 0 Å². The molecule has 1 aromatic rings. The Morgan fingerprint density at radius 2 is 1.03 bits per heavy atom. The first kappa shape index (κ1) is 39.3. The van der Waals surface area contributed by atoms with E-state index in [0.29, 0.717) is 0 Å². The van der Waals surface area contributed by atoms with Crippen molar-refractivity contribution >= 4 is 11.8 Å². The Kier molecular flexibility index (Phi) is 22.3. The molecule has 0 aromatic heterocycles. The van der Waals surface area contributed by atoms with Crippen molar-refractivity contribution in [1.82, 2.24) is 19.6 Å². The number of thioether (sulfide) groups is 1. The molecule has 1 fully saturated rings. The largest absolute Gasteiger partial charge is 2.00 e. The van der Waals surface area contributed by atoms with Crippen LogP contribution in [-0.2, 0) is 23.0 Å². The molecule has 0 unspecified atom stereocenters. The normalized spacial score (nSPS) is 18.4. The maximum atomic E-state index is 8.49. The molecule has 0 radical (unpaired) electrons. The summed E-state index contributed by atoms with van der Waals surface area (Å²) in [7, 11) is -3.10. The van der Waals surface area contributed by atoms with Gasteiger partial charge in [-0.15, -0.1) is 32.2 Å². The van der Waals surface area contributed by atoms with Gasteiger partial charge in [0.25, 0.3) is 0 Å². The topological polar surface area (TPSA) is 197 Å². The molecule has 0 amide bonds. The number of halogens is 2. The molecule has 16 heteroatoms. The number of hydrogen-bond donors (Lipinski definition) is 0. The Bertz CT molecular complexity index is 683. The quantitative estimate of drug-likeness (QED) is 0.225. The van der Waals surface area contributed by atoms with Crippen LogP contribution in [0.15, 0.2) is 29.2 Å². The van der Waals surface area contributed by atoms with E-state index in [-0.39, 0.29) is 16.5 Å². The summed E-state index contributed by atoms with van der Waals surface area (Å²) in [6, 6.07) is 8.87. The summed E-state index contributed by atoms with van der Waals surface area (Å²) in [4.78, 5) is 11.5. The summed E-state index contributed by atoms with van der Waals surface area (Å²) in [6.45, 7) is 10.5. The first-order valence-electron chi connectivity index (χ1n) is 11.2. The molecule has 0 N–H and O–H groups in total. The van der Waals surface area contributed by atoms with Crippen molar-refractivity contribution < 1.29 is 74.2 Å². The second kappa shape index (κ2) is 21.0. The molecular formula is C21H38Cl2N4NiO8S. The minimum Gasteiger partial charge on any atom is -0.305 e. The summed E-state index contributed by atoms with van der Waals surface area (Å²) in [5, 5.41) is 0. The van der Waals surface area contributed by atoms with Crippen LogP contribution in [0, 0.1) is 20.5 Å². The van der Waals surface area contributed by atoms with Crippen molar-refractivity contribution in [2.45, 2.75) is 24.3 Å². The van der Waals surface area contributed by atoms with Crippen molar-refractivity contribution in [3.63, 3.8) is 0 Å². The second-order valence-corrected chi connectivity index (χ2v) is 10.8. The number of nitrogens with zero attached hydrogens (tertiary/aromatic N) is 4. The summed E-state index contributed by atoms with van der Waals surface area (Å²) < 4.78 is 67.9. The van der Waals surface area contributed by atoms with Gasteiger partial charge in [-0.3, -0.25) is 4.90 Å². The number of likely N-dealkylation sites (N-methyl/N-ethyl adjacent to an activating group) is 3. The molecule has 0 aliphatic carbocycles. The van der Waals surface area contributed by atoms with E-state index in [1.165, 1.54) is 62.6 Å². The fraction of sp³-hybridized carbons (Fsp3) is 0.714. The molecule has 1 aliphatic heterocycles. The Morgan fingerprint density at radius 1 is 0.649 bits per heavy atom. The van der Waals surface area contributed by atoms with Gasteiger partial charge in [0.15, 0.2) is 0 Å². The van der Waals surface area contributed by atoms with Gasteiger partial charge >= 0.3 is 16.5 Å². The maximum Gasteiger partial charge on any atom is 2.00 e. The molecule has 220 valence electrons. The zero-order valence-corrected chi connectivity index (χ0v) is 24.9. The predicted molar refractivity (Wildman–Crippen MR) is 115 cm³/mol. The van der Waals surface area contributed by atoms with E-state index < -0.39 is 20.5 Å². The number of rotatable bonds is 3. The molecule has 1 aromatic carbocycles. The summed E-state index contributed by atoms with van der Waals surface area (Å²) >= 11 is 1.86. The van der Waals surface area contributed by atoms with E-state index in [0.717, 1.165) is 19.6 Å². The predicted octanol–water partition coefficient (Wildman–Crippen LogP) is -6.71. The van der Waals surface area contributed by atoms with Crippen LogP contribution < -0.4 is 37.3 Å². The zero-order valence-electron chi connectivity index (χ0n) is 21.6. The fourth-order valence-electron chi connectivity index (χ4n) is 3.51. The van der Waals surface area contributed by atoms with E-state index in [4.69, 9.17) is 37.3 Å². The van der Waals surface area contributed by atoms with Gasteiger partial charge in [0.05, 0.1) is 0 Å². The minimum atomic E-state index is -4.94. The van der Waals surface area contributed by atoms with Crippen molar-refractivity contribution in [2.75, 3.05) is 79.8 Å². The first-order chi connectivity index (χ1) is 16.6. The number of benzene rings is 1. The van der Waals surface area contributed by atoms with Crippen molar-refractivity contribution in [3.05, 3.63) is 29.8 Å². The van der Waals surface area contributed by atoms with Crippen LogP contribution in [0.2, 0.25) is 0 Å². The molecule has 1 saturated heterocycles. The number of hydrogen-bond acceptors (Lipinski definition) is 13. The molecule has 0 atom stereocenters. The Labute approximate surface area is 238 Å². The summed E-state index contributed by atoms with van der Waals surface area (Å²) in [5.74, 6) is 0. The zero-order chi connectivity index (χ0) is 27.8. The van der Waals surface area contributed by atoms with Crippen LogP contribution in [0.3, 0.4) is 0 Å². The van der Waals surface area contributed by atoms with Crippen molar-refractivity contribution in [3.8, 4) is 0 Å². The van der Waals surface area contributed by atoms with Gasteiger partial charge in [0, 0.05) is 37.6 Å². The van der Waals surface area contributed by atoms with E-state index in [9.17, 15) is 0 Å². The van der Waals surface area contributed by atoms with Crippen LogP contribution in [0.25, 0.3) is 0 Å². The molecule has 37 heavy (non-hydrogen) atoms. The van der Waals surface area contributed by atoms with E-state index in [1.807, 2.05) is 11.8 Å². The molecule has 1 heterocycles. The fourth-order valence-corrected chi connectivity index (χ4v) is 4.12. The van der Waals surface area contributed by atoms with Crippen molar-refractivity contribution in [1.29, 1.82) is 0 Å². The third kappa shape index (κ3) is 27.5. The Morgan fingerprint density at radius 3 is 1.46 bits per heavy atom. The van der Waals surface area contributed by atoms with Gasteiger partial charge in [-0.1, -0.05) is 18.2 Å². The smallest absolute Gasteiger partial charge is 0.305 e. The third-order valence-corrected chi connectivity index (χ3v) is 6.18. The van der Waals surface area contributed by atoms with Gasteiger partial charge in [-0.2, -0.15) is 0 Å². The van der Waals surface area contributed by atoms with Gasteiger partial charge < -0.3 is 14.7 Å². The third-order valence-electron chi connectivity index (χ3n) is 5.34. The second-order valence-electron chi connectivity index (χ2n) is 8.46. The molecular weight excluding hydrogens is 598 g/mol. The van der Waals surface area contributed by atoms with Crippen LogP contribution in [0.1, 0.15) is 18.4 Å². The van der Waals surface area contributed by atoms with Gasteiger partial charge in [0.1, 0.15) is 0 Å². The molecule has 0 saturated carbocycles. The van der Waals surface area contributed by atoms with Crippen LogP contribution in [-0.4, -0.2) is 99.4 Å². The standard InChI is InChI=1S/C21H38N4S.2ClHO4.Ni/c1-22-11-7-12-24(3)17-18-25(14-8-13-23(2)16-15-22)19-20-9-5-6-10-21(20)26-4;2*2-1(3,4)5;/h5-6,9-10H,7-8,11-19H2,1-4H3;2*(H,2,3,4,5);/q;;;+2/p-2. The average molecular weight is 636 g/mol. The maximum absolute atomic E-state index is 8.49. The van der Waals surface area contributed by atoms with E-state index in [2.05, 4.69) is 71.3 Å². The van der Waals surface area contributed by atoms with Gasteiger partial charge in [-0.25, -0.2) is 37.3 Å². The van der Waals surface area contributed by atoms with Crippen LogP contribution >= 0.6 is 11.8 Å². The minimum absolute atomic E-state index is 0. The van der Waals surface area contributed by atoms with E-state index >= 15 is 0 Å². The average Bonchev–Trinajstić information content (AvgIpc) is 2.73. The monoisotopic (exact) mass is 634 g/mol. The summed E-state index contributed by atoms with van der Waals surface area (Å²) in [6.07, 6.45) is 4.68. The molecule has 2 rings (SSSR count). The van der Waals surface area contributed by atoms with Crippen LogP contribution in [0.5, 0.6) is 0 Å². The Balaban J connectivity index is 0. The molecule has 1 aliphatic rings. The molecule has 0 spiro atoms. The Hall–Kier alpha value is 0.164. The van der Waals surface area contributed by atoms with Gasteiger partial charge in [0.2, 0.25) is 0 Å². The first-order valence-corrected chi connectivity index (χ1v) is 14.9. The van der Waals surface area contributed by atoms with Gasteiger partial charge in [-0.05, 0) is 78.0 Å². The van der Waals surface area contributed by atoms with Crippen LogP contribution in [0.4, 0.5) is 0 Å². The molecule has 12 nitrogen and oxygen atoms in total. The SMILES string of the molecule is CSc1ccccc1CN1CCCN(C)CCN(C)CCCN(C)CC1.[Ni+2].[O-][Cl+3]([O-])([O-])[O-].[O-][Cl+3]([O-])([O-])[O-].